The number of hydrogen-bond donors (Lipinski definition) is 1. The summed E-state index contributed by atoms with van der Waals surface area (Å²) in [6, 6.07) is 0.201. The van der Waals surface area contributed by atoms with Gasteiger partial charge in [-0.1, -0.05) is 12.8 Å². The maximum Gasteiger partial charge on any atom is 0.281 e. The summed E-state index contributed by atoms with van der Waals surface area (Å²) in [7, 11) is 1.98. The van der Waals surface area contributed by atoms with Crippen LogP contribution < -0.4 is 5.32 Å². The summed E-state index contributed by atoms with van der Waals surface area (Å²) in [6.45, 7) is 1.41. The molecule has 0 atom stereocenters. The van der Waals surface area contributed by atoms with Gasteiger partial charge in [0.2, 0.25) is 0 Å². The number of nitrogens with one attached hydrogen (secondary N) is 1. The molecule has 17 heavy (non-hydrogen) atoms. The molecule has 1 rings (SSSR count). The van der Waals surface area contributed by atoms with Crippen LogP contribution >= 0.6 is 0 Å². The normalized spacial score (nSPS) is 18.4. The van der Waals surface area contributed by atoms with E-state index in [-0.39, 0.29) is 6.04 Å². The van der Waals surface area contributed by atoms with Crippen molar-refractivity contribution in [3.8, 4) is 0 Å². The molecule has 0 radical (unpaired) electrons. The van der Waals surface area contributed by atoms with Crippen LogP contribution in [0.15, 0.2) is 0 Å². The van der Waals surface area contributed by atoms with Gasteiger partial charge in [0.25, 0.3) is 10.2 Å². The molecule has 0 heterocycles. The Hall–Kier alpha value is -0.170. The van der Waals surface area contributed by atoms with Gasteiger partial charge in [-0.2, -0.15) is 17.0 Å². The Bertz CT molecular complexity index is 313. The van der Waals surface area contributed by atoms with Crippen molar-refractivity contribution in [3.63, 3.8) is 0 Å². The van der Waals surface area contributed by atoms with Crippen LogP contribution in [0, 0.1) is 0 Å². The van der Waals surface area contributed by atoms with Gasteiger partial charge < -0.3 is 5.32 Å². The van der Waals surface area contributed by atoms with Crippen molar-refractivity contribution in [2.45, 2.75) is 38.1 Å². The first-order chi connectivity index (χ1) is 8.00. The number of rotatable bonds is 7. The molecule has 1 aliphatic carbocycles. The van der Waals surface area contributed by atoms with Gasteiger partial charge in [0, 0.05) is 26.7 Å². The smallest absolute Gasteiger partial charge is 0.281 e. The number of hydrogen-bond acceptors (Lipinski definition) is 3. The van der Waals surface area contributed by atoms with Gasteiger partial charge in [-0.25, -0.2) is 0 Å². The van der Waals surface area contributed by atoms with Gasteiger partial charge in [0.05, 0.1) is 0 Å². The van der Waals surface area contributed by atoms with E-state index in [2.05, 4.69) is 5.32 Å². The average Bonchev–Trinajstić information content (AvgIpc) is 2.81. The SMILES string of the molecule is CNCCCN(C)S(=O)(=O)N(C)C1CCCC1. The van der Waals surface area contributed by atoms with E-state index in [4.69, 9.17) is 0 Å². The van der Waals surface area contributed by atoms with Crippen molar-refractivity contribution < 1.29 is 8.42 Å². The number of nitrogens with zero attached hydrogens (tertiary/aromatic N) is 2. The van der Waals surface area contributed by atoms with E-state index in [0.29, 0.717) is 6.54 Å². The molecule has 5 nitrogen and oxygen atoms in total. The molecule has 0 saturated heterocycles. The summed E-state index contributed by atoms with van der Waals surface area (Å²) in [5, 5.41) is 3.02. The maximum atomic E-state index is 12.2. The third-order valence-electron chi connectivity index (χ3n) is 3.50. The van der Waals surface area contributed by atoms with E-state index < -0.39 is 10.2 Å². The second-order valence-electron chi connectivity index (χ2n) is 4.74. The summed E-state index contributed by atoms with van der Waals surface area (Å²) in [6.07, 6.45) is 5.13. The van der Waals surface area contributed by atoms with Crippen molar-refractivity contribution in [1.29, 1.82) is 0 Å². The lowest BCUT2D eigenvalue weighted by atomic mass is 10.3. The van der Waals surface area contributed by atoms with E-state index in [0.717, 1.165) is 38.6 Å². The highest BCUT2D eigenvalue weighted by atomic mass is 32.2. The van der Waals surface area contributed by atoms with Gasteiger partial charge in [-0.3, -0.25) is 0 Å². The zero-order chi connectivity index (χ0) is 12.9. The fourth-order valence-electron chi connectivity index (χ4n) is 2.27. The van der Waals surface area contributed by atoms with Crippen LogP contribution in [0.4, 0.5) is 0 Å². The van der Waals surface area contributed by atoms with Crippen LogP contribution in [0.25, 0.3) is 0 Å². The highest BCUT2D eigenvalue weighted by Gasteiger charge is 2.31. The fourth-order valence-corrected chi connectivity index (χ4v) is 3.66. The highest BCUT2D eigenvalue weighted by Crippen LogP contribution is 2.25. The third-order valence-corrected chi connectivity index (χ3v) is 5.49. The minimum Gasteiger partial charge on any atom is -0.320 e. The van der Waals surface area contributed by atoms with Crippen LogP contribution in [0.5, 0.6) is 0 Å². The maximum absolute atomic E-state index is 12.2. The predicted octanol–water partition coefficient (Wildman–Crippen LogP) is 0.647. The largest absolute Gasteiger partial charge is 0.320 e. The van der Waals surface area contributed by atoms with E-state index in [1.54, 1.807) is 18.4 Å². The molecule has 0 aromatic rings. The van der Waals surface area contributed by atoms with Gasteiger partial charge in [0.1, 0.15) is 0 Å². The minimum absolute atomic E-state index is 0.201. The van der Waals surface area contributed by atoms with E-state index >= 15 is 0 Å². The standard InChI is InChI=1S/C11H25N3O2S/c1-12-9-6-10-13(2)17(15,16)14(3)11-7-4-5-8-11/h11-12H,4-10H2,1-3H3. The Morgan fingerprint density at radius 1 is 1.24 bits per heavy atom. The molecule has 1 aliphatic rings. The second kappa shape index (κ2) is 6.68. The van der Waals surface area contributed by atoms with Crippen molar-refractivity contribution in [2.75, 3.05) is 34.2 Å². The fraction of sp³-hybridized carbons (Fsp3) is 1.00. The van der Waals surface area contributed by atoms with Crippen molar-refractivity contribution in [3.05, 3.63) is 0 Å². The Morgan fingerprint density at radius 2 is 1.82 bits per heavy atom. The van der Waals surface area contributed by atoms with Crippen LogP contribution in [0.2, 0.25) is 0 Å². The summed E-state index contributed by atoms with van der Waals surface area (Å²) in [5.41, 5.74) is 0. The van der Waals surface area contributed by atoms with E-state index in [1.165, 1.54) is 4.31 Å². The van der Waals surface area contributed by atoms with Crippen LogP contribution in [-0.2, 0) is 10.2 Å². The topological polar surface area (TPSA) is 52.7 Å². The zero-order valence-corrected chi connectivity index (χ0v) is 12.0. The van der Waals surface area contributed by atoms with E-state index in [1.807, 2.05) is 7.05 Å². The lowest BCUT2D eigenvalue weighted by Gasteiger charge is -2.28. The Kier molecular flexibility index (Phi) is 5.85. The van der Waals surface area contributed by atoms with E-state index in [9.17, 15) is 8.42 Å². The van der Waals surface area contributed by atoms with Crippen LogP contribution in [-0.4, -0.2) is 57.3 Å². The summed E-state index contributed by atoms with van der Waals surface area (Å²) in [5.74, 6) is 0. The molecule has 6 heteroatoms. The molecule has 0 aromatic carbocycles. The van der Waals surface area contributed by atoms with Gasteiger partial charge >= 0.3 is 0 Å². The third kappa shape index (κ3) is 3.91. The van der Waals surface area contributed by atoms with Gasteiger partial charge in [0.15, 0.2) is 0 Å². The Balaban J connectivity index is 2.53. The lowest BCUT2D eigenvalue weighted by molar-refractivity contribution is 0.332. The molecule has 0 aromatic heterocycles. The molecular formula is C11H25N3O2S. The molecule has 1 fully saturated rings. The first-order valence-electron chi connectivity index (χ1n) is 6.34. The molecule has 0 unspecified atom stereocenters. The average molecular weight is 263 g/mol. The molecule has 1 N–H and O–H groups in total. The lowest BCUT2D eigenvalue weighted by Crippen LogP contribution is -2.44. The molecule has 0 bridgehead atoms. The monoisotopic (exact) mass is 263 g/mol. The quantitative estimate of drug-likeness (QED) is 0.686. The molecule has 0 aliphatic heterocycles. The molecule has 1 saturated carbocycles. The van der Waals surface area contributed by atoms with Crippen LogP contribution in [0.1, 0.15) is 32.1 Å². The molecular weight excluding hydrogens is 238 g/mol. The highest BCUT2D eigenvalue weighted by molar-refractivity contribution is 7.86. The molecule has 0 spiro atoms. The van der Waals surface area contributed by atoms with Crippen molar-refractivity contribution in [2.24, 2.45) is 0 Å². The van der Waals surface area contributed by atoms with Crippen LogP contribution in [0.3, 0.4) is 0 Å². The van der Waals surface area contributed by atoms with Gasteiger partial charge in [-0.15, -0.1) is 0 Å². The van der Waals surface area contributed by atoms with Gasteiger partial charge in [-0.05, 0) is 32.9 Å². The minimum atomic E-state index is -3.26. The predicted molar refractivity (Wildman–Crippen MR) is 70.1 cm³/mol. The first kappa shape index (κ1) is 14.9. The zero-order valence-electron chi connectivity index (χ0n) is 11.1. The molecule has 102 valence electrons. The summed E-state index contributed by atoms with van der Waals surface area (Å²) >= 11 is 0. The molecule has 0 amide bonds. The summed E-state index contributed by atoms with van der Waals surface area (Å²) < 4.78 is 27.5. The Labute approximate surface area is 105 Å². The first-order valence-corrected chi connectivity index (χ1v) is 7.73. The summed E-state index contributed by atoms with van der Waals surface area (Å²) in [4.78, 5) is 0. The Morgan fingerprint density at radius 3 is 2.35 bits per heavy atom. The van der Waals surface area contributed by atoms with Crippen molar-refractivity contribution >= 4 is 10.2 Å². The van der Waals surface area contributed by atoms with Crippen molar-refractivity contribution in [1.82, 2.24) is 13.9 Å². The second-order valence-corrected chi connectivity index (χ2v) is 6.84.